The highest BCUT2D eigenvalue weighted by Crippen LogP contribution is 2.34. The van der Waals surface area contributed by atoms with E-state index in [9.17, 15) is 4.79 Å². The lowest BCUT2D eigenvalue weighted by Gasteiger charge is -2.30. The molecule has 0 spiro atoms. The Morgan fingerprint density at radius 3 is 2.77 bits per heavy atom. The first kappa shape index (κ1) is 19.1. The zero-order chi connectivity index (χ0) is 21.8. The topological polar surface area (TPSA) is 96.6 Å². The number of hydrogen-bond acceptors (Lipinski definition) is 7. The average molecular weight is 412 g/mol. The van der Waals surface area contributed by atoms with Crippen molar-refractivity contribution in [1.82, 2.24) is 14.9 Å². The molecule has 2 aliphatic rings. The fourth-order valence-electron chi connectivity index (χ4n) is 3.85. The van der Waals surface area contributed by atoms with Crippen molar-refractivity contribution >= 4 is 23.2 Å². The van der Waals surface area contributed by atoms with Crippen LogP contribution in [-0.2, 0) is 17.9 Å². The fourth-order valence-corrected chi connectivity index (χ4v) is 3.85. The van der Waals surface area contributed by atoms with Crippen LogP contribution < -0.4 is 20.7 Å². The molecule has 3 heterocycles. The van der Waals surface area contributed by atoms with Crippen LogP contribution in [0.5, 0.6) is 6.01 Å². The largest absolute Gasteiger partial charge is 0.463 e. The van der Waals surface area contributed by atoms with Gasteiger partial charge < -0.3 is 20.7 Å². The molecule has 0 bridgehead atoms. The molecule has 1 saturated heterocycles. The van der Waals surface area contributed by atoms with E-state index in [-0.39, 0.29) is 11.8 Å². The molecule has 2 aromatic rings. The van der Waals surface area contributed by atoms with Gasteiger partial charge in [0.1, 0.15) is 5.69 Å². The van der Waals surface area contributed by atoms with Crippen molar-refractivity contribution in [2.45, 2.75) is 45.7 Å². The number of nitrogens with zero attached hydrogens (tertiary/aromatic N) is 4. The third kappa shape index (κ3) is 4.81. The molecule has 0 aliphatic carbocycles. The molecule has 1 atom stereocenters. The van der Waals surface area contributed by atoms with Crippen molar-refractivity contribution in [3.63, 3.8) is 0 Å². The second-order valence-electron chi connectivity index (χ2n) is 7.84. The molecule has 4 rings (SSSR count). The summed E-state index contributed by atoms with van der Waals surface area (Å²) in [5.41, 5.74) is 8.67. The molecule has 0 radical (unpaired) electrons. The van der Waals surface area contributed by atoms with E-state index in [4.69, 9.17) is 11.8 Å². The molecule has 8 heteroatoms. The summed E-state index contributed by atoms with van der Waals surface area (Å²) in [5, 5.41) is 2.67. The highest BCUT2D eigenvalue weighted by atomic mass is 16.5. The minimum Gasteiger partial charge on any atom is -0.463 e. The van der Waals surface area contributed by atoms with Gasteiger partial charge in [0, 0.05) is 13.1 Å². The van der Waals surface area contributed by atoms with Gasteiger partial charge in [-0.25, -0.2) is 0 Å². The minimum atomic E-state index is -1.13. The Kier molecular flexibility index (Phi) is 5.92. The SMILES string of the molecule is [2H]C1C(=O)Nc2c(N)nc(OCCCC)nc2N1Cc1cccc(CN2CCCC2)c1. The monoisotopic (exact) mass is 411 g/mol. The molecule has 8 nitrogen and oxygen atoms in total. The lowest BCUT2D eigenvalue weighted by molar-refractivity contribution is -0.115. The van der Waals surface area contributed by atoms with Gasteiger partial charge in [-0.05, 0) is 43.5 Å². The summed E-state index contributed by atoms with van der Waals surface area (Å²) < 4.78 is 14.1. The molecule has 160 valence electrons. The third-order valence-corrected chi connectivity index (χ3v) is 5.37. The van der Waals surface area contributed by atoms with E-state index >= 15 is 0 Å². The summed E-state index contributed by atoms with van der Waals surface area (Å²) in [4.78, 5) is 25.2. The quantitative estimate of drug-likeness (QED) is 0.645. The minimum absolute atomic E-state index is 0.143. The number of likely N-dealkylation sites (tertiary alicyclic amines) is 1. The number of nitrogen functional groups attached to an aromatic ring is 1. The van der Waals surface area contributed by atoms with Crippen LogP contribution in [0.25, 0.3) is 0 Å². The highest BCUT2D eigenvalue weighted by molar-refractivity contribution is 6.03. The van der Waals surface area contributed by atoms with Crippen LogP contribution in [0.3, 0.4) is 0 Å². The van der Waals surface area contributed by atoms with Gasteiger partial charge in [0.25, 0.3) is 0 Å². The Hall–Kier alpha value is -2.87. The first-order valence-corrected chi connectivity index (χ1v) is 10.7. The Bertz CT molecular complexity index is 934. The zero-order valence-corrected chi connectivity index (χ0v) is 17.4. The van der Waals surface area contributed by atoms with Crippen molar-refractivity contribution in [3.05, 3.63) is 35.4 Å². The number of unbranched alkanes of at least 4 members (excludes halogenated alkanes) is 1. The summed E-state index contributed by atoms with van der Waals surface area (Å²) in [6.45, 7) is 4.99. The Labute approximate surface area is 178 Å². The normalized spacial score (nSPS) is 19.4. The van der Waals surface area contributed by atoms with Gasteiger partial charge in [-0.2, -0.15) is 9.97 Å². The number of aromatic nitrogens is 2. The van der Waals surface area contributed by atoms with Crippen LogP contribution >= 0.6 is 0 Å². The van der Waals surface area contributed by atoms with Crippen LogP contribution in [-0.4, -0.2) is 47.0 Å². The Morgan fingerprint density at radius 1 is 1.23 bits per heavy atom. The summed E-state index contributed by atoms with van der Waals surface area (Å²) >= 11 is 0. The number of amides is 1. The second-order valence-corrected chi connectivity index (χ2v) is 7.84. The Morgan fingerprint density at radius 2 is 2.00 bits per heavy atom. The molecular formula is C22H30N6O2. The average Bonchev–Trinajstić information content (AvgIpc) is 3.26. The molecule has 1 amide bonds. The number of carbonyl (C=O) groups excluding carboxylic acids is 1. The molecule has 1 aromatic heterocycles. The molecule has 2 aliphatic heterocycles. The summed E-state index contributed by atoms with van der Waals surface area (Å²) in [7, 11) is 0. The molecule has 30 heavy (non-hydrogen) atoms. The fraction of sp³-hybridized carbons (Fsp3) is 0.500. The van der Waals surface area contributed by atoms with Gasteiger partial charge in [0.2, 0.25) is 5.91 Å². The second kappa shape index (κ2) is 9.30. The van der Waals surface area contributed by atoms with E-state index in [0.29, 0.717) is 24.7 Å². The van der Waals surface area contributed by atoms with E-state index in [2.05, 4.69) is 39.2 Å². The predicted molar refractivity (Wildman–Crippen MR) is 117 cm³/mol. The van der Waals surface area contributed by atoms with Crippen LogP contribution in [0.4, 0.5) is 17.3 Å². The first-order valence-electron chi connectivity index (χ1n) is 11.2. The zero-order valence-electron chi connectivity index (χ0n) is 18.4. The van der Waals surface area contributed by atoms with Crippen LogP contribution in [0, 0.1) is 0 Å². The van der Waals surface area contributed by atoms with E-state index in [0.717, 1.165) is 38.0 Å². The first-order chi connectivity index (χ1) is 15.0. The van der Waals surface area contributed by atoms with Crippen molar-refractivity contribution in [2.75, 3.05) is 42.2 Å². The van der Waals surface area contributed by atoms with Crippen molar-refractivity contribution < 1.29 is 10.9 Å². The predicted octanol–water partition coefficient (Wildman–Crippen LogP) is 2.79. The van der Waals surface area contributed by atoms with Crippen LogP contribution in [0.1, 0.15) is 45.1 Å². The van der Waals surface area contributed by atoms with Crippen molar-refractivity contribution in [3.8, 4) is 6.01 Å². The number of hydrogen-bond donors (Lipinski definition) is 2. The number of benzene rings is 1. The number of anilines is 3. The van der Waals surface area contributed by atoms with Crippen molar-refractivity contribution in [1.29, 1.82) is 0 Å². The summed E-state index contributed by atoms with van der Waals surface area (Å²) in [6, 6.07) is 8.46. The molecule has 3 N–H and O–H groups in total. The van der Waals surface area contributed by atoms with Crippen molar-refractivity contribution in [2.24, 2.45) is 0 Å². The van der Waals surface area contributed by atoms with Gasteiger partial charge >= 0.3 is 6.01 Å². The van der Waals surface area contributed by atoms with Gasteiger partial charge in [-0.15, -0.1) is 0 Å². The summed E-state index contributed by atoms with van der Waals surface area (Å²) in [5.74, 6) is 0.115. The number of carbonyl (C=O) groups is 1. The number of ether oxygens (including phenoxy) is 1. The van der Waals surface area contributed by atoms with E-state index < -0.39 is 12.4 Å². The smallest absolute Gasteiger partial charge is 0.320 e. The lowest BCUT2D eigenvalue weighted by atomic mass is 10.1. The number of nitrogens with one attached hydrogen (secondary N) is 1. The number of nitrogens with two attached hydrogens (primary N) is 1. The van der Waals surface area contributed by atoms with E-state index in [1.54, 1.807) is 4.90 Å². The van der Waals surface area contributed by atoms with Crippen LogP contribution in [0.15, 0.2) is 24.3 Å². The van der Waals surface area contributed by atoms with Gasteiger partial charge in [-0.1, -0.05) is 37.6 Å². The maximum Gasteiger partial charge on any atom is 0.320 e. The highest BCUT2D eigenvalue weighted by Gasteiger charge is 2.27. The van der Waals surface area contributed by atoms with E-state index in [1.807, 2.05) is 12.1 Å². The van der Waals surface area contributed by atoms with Gasteiger partial charge in [0.15, 0.2) is 11.6 Å². The maximum atomic E-state index is 12.4. The van der Waals surface area contributed by atoms with Crippen LogP contribution in [0.2, 0.25) is 0 Å². The number of rotatable bonds is 8. The van der Waals surface area contributed by atoms with Gasteiger partial charge in [-0.3, -0.25) is 9.69 Å². The molecular weight excluding hydrogens is 380 g/mol. The molecule has 0 saturated carbocycles. The standard InChI is InChI=1S/C22H30N6O2/c1-2-3-11-30-22-25-20(23)19-21(26-22)28(15-18(29)24-19)14-17-8-6-7-16(12-17)13-27-9-4-5-10-27/h6-8,12H,2-5,9-11,13-15H2,1H3,(H,24,29)(H2,23,25,26)/i15D. The maximum absolute atomic E-state index is 12.4. The Balaban J connectivity index is 1.58. The lowest BCUT2D eigenvalue weighted by Crippen LogP contribution is -2.39. The number of fused-ring (bicyclic) bond motifs is 1. The summed E-state index contributed by atoms with van der Waals surface area (Å²) in [6.07, 6.45) is 4.38. The third-order valence-electron chi connectivity index (χ3n) is 5.37. The molecule has 1 aromatic carbocycles. The van der Waals surface area contributed by atoms with E-state index in [1.165, 1.54) is 18.4 Å². The molecule has 1 unspecified atom stereocenters. The van der Waals surface area contributed by atoms with Gasteiger partial charge in [0.05, 0.1) is 14.5 Å². The molecule has 1 fully saturated rings.